The monoisotopic (exact) mass is 345 g/mol. The van der Waals surface area contributed by atoms with E-state index in [1.807, 2.05) is 12.1 Å². The molecule has 0 aliphatic heterocycles. The highest BCUT2D eigenvalue weighted by Gasteiger charge is 2.25. The Labute approximate surface area is 147 Å². The van der Waals surface area contributed by atoms with Gasteiger partial charge < -0.3 is 19.5 Å². The summed E-state index contributed by atoms with van der Waals surface area (Å²) in [7, 11) is 4.89. The van der Waals surface area contributed by atoms with Crippen LogP contribution in [0.1, 0.15) is 46.6 Å². The first-order valence-electron chi connectivity index (χ1n) is 7.66. The van der Waals surface area contributed by atoms with Gasteiger partial charge in [-0.2, -0.15) is 0 Å². The van der Waals surface area contributed by atoms with Gasteiger partial charge in [0.15, 0.2) is 11.5 Å². The fourth-order valence-corrected chi connectivity index (χ4v) is 2.97. The minimum absolute atomic E-state index is 0. The number of nitrogens with one attached hydrogen (secondary N) is 1. The van der Waals surface area contributed by atoms with Crippen LogP contribution in [0.4, 0.5) is 0 Å². The lowest BCUT2D eigenvalue weighted by Crippen LogP contribution is -2.41. The van der Waals surface area contributed by atoms with Crippen LogP contribution < -0.4 is 19.5 Å². The lowest BCUT2D eigenvalue weighted by atomic mass is 9.82. The highest BCUT2D eigenvalue weighted by atomic mass is 35.5. The van der Waals surface area contributed by atoms with Gasteiger partial charge in [-0.15, -0.1) is 12.4 Å². The third-order valence-electron chi connectivity index (χ3n) is 3.47. The molecule has 0 fully saturated rings. The molecule has 0 aliphatic carbocycles. The Morgan fingerprint density at radius 2 is 1.35 bits per heavy atom. The molecule has 0 aromatic heterocycles. The Kier molecular flexibility index (Phi) is 8.22. The lowest BCUT2D eigenvalue weighted by Gasteiger charge is -2.33. The van der Waals surface area contributed by atoms with Crippen LogP contribution in [0.25, 0.3) is 0 Å². The molecule has 23 heavy (non-hydrogen) atoms. The van der Waals surface area contributed by atoms with E-state index in [9.17, 15) is 0 Å². The van der Waals surface area contributed by atoms with E-state index in [0.717, 1.165) is 18.5 Å². The minimum atomic E-state index is 0. The number of ether oxygens (including phenoxy) is 3. The Balaban J connectivity index is 0.00000484. The number of methoxy groups -OCH3 is 3. The van der Waals surface area contributed by atoms with Crippen molar-refractivity contribution in [1.29, 1.82) is 0 Å². The summed E-state index contributed by atoms with van der Waals surface area (Å²) in [5, 5.41) is 3.62. The molecule has 1 rings (SSSR count). The van der Waals surface area contributed by atoms with Gasteiger partial charge in [-0.3, -0.25) is 0 Å². The predicted molar refractivity (Wildman–Crippen MR) is 98.3 cm³/mol. The third kappa shape index (κ3) is 6.88. The van der Waals surface area contributed by atoms with Crippen LogP contribution in [0.5, 0.6) is 17.2 Å². The smallest absolute Gasteiger partial charge is 0.203 e. The van der Waals surface area contributed by atoms with Crippen molar-refractivity contribution in [3.63, 3.8) is 0 Å². The van der Waals surface area contributed by atoms with Gasteiger partial charge in [-0.25, -0.2) is 0 Å². The van der Waals surface area contributed by atoms with E-state index in [2.05, 4.69) is 39.9 Å². The van der Waals surface area contributed by atoms with Crippen LogP contribution in [-0.4, -0.2) is 26.9 Å². The standard InChI is InChI=1S/C18H31NO3.ClH/c1-17(2,3)12-18(4,5)19-11-13-9-14(20-6)16(22-8)15(10-13)21-7;/h9-10,19H,11-12H2,1-8H3;1H. The summed E-state index contributed by atoms with van der Waals surface area (Å²) in [6.07, 6.45) is 1.09. The van der Waals surface area contributed by atoms with Crippen LogP contribution in [0.2, 0.25) is 0 Å². The maximum atomic E-state index is 5.40. The fraction of sp³-hybridized carbons (Fsp3) is 0.667. The molecular formula is C18H32ClNO3. The normalized spacial score (nSPS) is 11.7. The van der Waals surface area contributed by atoms with Crippen LogP contribution in [0.3, 0.4) is 0 Å². The number of benzene rings is 1. The maximum absolute atomic E-state index is 5.40. The molecule has 134 valence electrons. The average Bonchev–Trinajstić information content (AvgIpc) is 2.41. The molecule has 0 saturated carbocycles. The topological polar surface area (TPSA) is 39.7 Å². The van der Waals surface area contributed by atoms with Gasteiger partial charge in [0.1, 0.15) is 0 Å². The highest BCUT2D eigenvalue weighted by Crippen LogP contribution is 2.38. The number of rotatable bonds is 7. The molecule has 0 heterocycles. The van der Waals surface area contributed by atoms with Gasteiger partial charge in [0.2, 0.25) is 5.75 Å². The molecule has 4 nitrogen and oxygen atoms in total. The Hall–Kier alpha value is -1.13. The van der Waals surface area contributed by atoms with Crippen molar-refractivity contribution in [3.05, 3.63) is 17.7 Å². The van der Waals surface area contributed by atoms with Gasteiger partial charge in [0, 0.05) is 12.1 Å². The first kappa shape index (κ1) is 21.9. The second-order valence-corrected chi connectivity index (χ2v) is 7.51. The number of hydrogen-bond acceptors (Lipinski definition) is 4. The van der Waals surface area contributed by atoms with E-state index in [1.54, 1.807) is 21.3 Å². The molecule has 5 heteroatoms. The summed E-state index contributed by atoms with van der Waals surface area (Å²) < 4.78 is 16.2. The molecule has 0 atom stereocenters. The zero-order valence-corrected chi connectivity index (χ0v) is 16.5. The average molecular weight is 346 g/mol. The van der Waals surface area contributed by atoms with Crippen molar-refractivity contribution in [1.82, 2.24) is 5.32 Å². The molecular weight excluding hydrogens is 314 g/mol. The SMILES string of the molecule is COc1cc(CNC(C)(C)CC(C)(C)C)cc(OC)c1OC.Cl. The van der Waals surface area contributed by atoms with E-state index in [0.29, 0.717) is 17.2 Å². The van der Waals surface area contributed by atoms with Crippen molar-refractivity contribution in [2.45, 2.75) is 53.1 Å². The van der Waals surface area contributed by atoms with E-state index in [4.69, 9.17) is 14.2 Å². The Bertz CT molecular complexity index is 471. The van der Waals surface area contributed by atoms with Gasteiger partial charge >= 0.3 is 0 Å². The number of hydrogen-bond donors (Lipinski definition) is 1. The van der Waals surface area contributed by atoms with Crippen LogP contribution in [-0.2, 0) is 6.54 Å². The molecule has 0 spiro atoms. The summed E-state index contributed by atoms with van der Waals surface area (Å²) in [4.78, 5) is 0. The summed E-state index contributed by atoms with van der Waals surface area (Å²) in [5.41, 5.74) is 1.45. The second kappa shape index (κ2) is 8.65. The maximum Gasteiger partial charge on any atom is 0.203 e. The molecule has 1 aromatic rings. The molecule has 0 bridgehead atoms. The summed E-state index contributed by atoms with van der Waals surface area (Å²) in [6.45, 7) is 12.0. The highest BCUT2D eigenvalue weighted by molar-refractivity contribution is 5.85. The molecule has 0 radical (unpaired) electrons. The molecule has 1 N–H and O–H groups in total. The minimum Gasteiger partial charge on any atom is -0.493 e. The lowest BCUT2D eigenvalue weighted by molar-refractivity contribution is 0.240. The second-order valence-electron chi connectivity index (χ2n) is 7.51. The van der Waals surface area contributed by atoms with Gasteiger partial charge in [-0.05, 0) is 43.4 Å². The van der Waals surface area contributed by atoms with Gasteiger partial charge in [0.25, 0.3) is 0 Å². The molecule has 0 amide bonds. The summed E-state index contributed by atoms with van der Waals surface area (Å²) in [6, 6.07) is 3.98. The fourth-order valence-electron chi connectivity index (χ4n) is 2.97. The molecule has 1 aromatic carbocycles. The third-order valence-corrected chi connectivity index (χ3v) is 3.47. The Morgan fingerprint density at radius 1 is 0.870 bits per heavy atom. The van der Waals surface area contributed by atoms with Crippen molar-refractivity contribution >= 4 is 12.4 Å². The molecule has 0 saturated heterocycles. The van der Waals surface area contributed by atoms with Crippen LogP contribution >= 0.6 is 12.4 Å². The quantitative estimate of drug-likeness (QED) is 0.793. The number of halogens is 1. The Morgan fingerprint density at radius 3 is 1.70 bits per heavy atom. The van der Waals surface area contributed by atoms with Crippen LogP contribution in [0, 0.1) is 5.41 Å². The summed E-state index contributed by atoms with van der Waals surface area (Å²) in [5.74, 6) is 2.00. The van der Waals surface area contributed by atoms with E-state index in [1.165, 1.54) is 0 Å². The van der Waals surface area contributed by atoms with Gasteiger partial charge in [0.05, 0.1) is 21.3 Å². The van der Waals surface area contributed by atoms with E-state index >= 15 is 0 Å². The van der Waals surface area contributed by atoms with Crippen LogP contribution in [0.15, 0.2) is 12.1 Å². The van der Waals surface area contributed by atoms with Crippen molar-refractivity contribution in [3.8, 4) is 17.2 Å². The largest absolute Gasteiger partial charge is 0.493 e. The molecule has 0 unspecified atom stereocenters. The van der Waals surface area contributed by atoms with Crippen molar-refractivity contribution in [2.24, 2.45) is 5.41 Å². The predicted octanol–water partition coefficient (Wildman–Crippen LogP) is 4.44. The van der Waals surface area contributed by atoms with Crippen molar-refractivity contribution < 1.29 is 14.2 Å². The molecule has 0 aliphatic rings. The van der Waals surface area contributed by atoms with E-state index in [-0.39, 0.29) is 23.4 Å². The zero-order valence-electron chi connectivity index (χ0n) is 15.7. The zero-order chi connectivity index (χ0) is 17.0. The van der Waals surface area contributed by atoms with E-state index < -0.39 is 0 Å². The van der Waals surface area contributed by atoms with Gasteiger partial charge in [-0.1, -0.05) is 20.8 Å². The first-order chi connectivity index (χ1) is 10.1. The van der Waals surface area contributed by atoms with Crippen molar-refractivity contribution in [2.75, 3.05) is 21.3 Å². The first-order valence-corrected chi connectivity index (χ1v) is 7.66. The summed E-state index contributed by atoms with van der Waals surface area (Å²) >= 11 is 0.